The standard InChI is InChI=1S/C16H14BNO6/c1-21-15(19)11-4-6-13(18-14(11)16(20)22-2)24-10-3-5-12-9(7-10)8-23-17-12/h3-7,17H,8H2,1-2H3. The van der Waals surface area contributed by atoms with E-state index >= 15 is 0 Å². The van der Waals surface area contributed by atoms with Gasteiger partial charge in [0.1, 0.15) is 5.75 Å². The van der Waals surface area contributed by atoms with E-state index in [1.54, 1.807) is 6.07 Å². The van der Waals surface area contributed by atoms with E-state index in [1.807, 2.05) is 12.1 Å². The van der Waals surface area contributed by atoms with E-state index in [2.05, 4.69) is 14.5 Å². The Hall–Kier alpha value is -2.87. The van der Waals surface area contributed by atoms with Crippen LogP contribution in [0.15, 0.2) is 30.3 Å². The maximum Gasteiger partial charge on any atom is 0.357 e. The molecule has 0 saturated heterocycles. The van der Waals surface area contributed by atoms with E-state index < -0.39 is 11.9 Å². The van der Waals surface area contributed by atoms with Crippen molar-refractivity contribution in [1.82, 2.24) is 4.98 Å². The lowest BCUT2D eigenvalue weighted by atomic mass is 9.87. The minimum absolute atomic E-state index is 0.0130. The van der Waals surface area contributed by atoms with E-state index in [0.29, 0.717) is 19.8 Å². The first-order valence-corrected chi connectivity index (χ1v) is 7.17. The van der Waals surface area contributed by atoms with Crippen LogP contribution in [0.1, 0.15) is 26.4 Å². The van der Waals surface area contributed by atoms with Crippen LogP contribution in [0.2, 0.25) is 0 Å². The van der Waals surface area contributed by atoms with Gasteiger partial charge in [0, 0.05) is 6.07 Å². The minimum atomic E-state index is -0.747. The second-order valence-electron chi connectivity index (χ2n) is 5.05. The highest BCUT2D eigenvalue weighted by molar-refractivity contribution is 6.48. The summed E-state index contributed by atoms with van der Waals surface area (Å²) >= 11 is 0. The van der Waals surface area contributed by atoms with Crippen molar-refractivity contribution < 1.29 is 28.5 Å². The van der Waals surface area contributed by atoms with Crippen LogP contribution in [-0.2, 0) is 20.7 Å². The summed E-state index contributed by atoms with van der Waals surface area (Å²) in [5.41, 5.74) is 2.02. The van der Waals surface area contributed by atoms with Gasteiger partial charge in [0.2, 0.25) is 5.88 Å². The Morgan fingerprint density at radius 3 is 2.67 bits per heavy atom. The highest BCUT2D eigenvalue weighted by Gasteiger charge is 2.21. The van der Waals surface area contributed by atoms with Crippen LogP contribution < -0.4 is 10.2 Å². The minimum Gasteiger partial charge on any atom is -0.465 e. The number of nitrogens with zero attached hydrogens (tertiary/aromatic N) is 1. The fourth-order valence-corrected chi connectivity index (χ4v) is 2.36. The van der Waals surface area contributed by atoms with Crippen LogP contribution in [0.3, 0.4) is 0 Å². The third kappa shape index (κ3) is 3.09. The van der Waals surface area contributed by atoms with Gasteiger partial charge in [-0.25, -0.2) is 14.6 Å². The molecule has 8 heteroatoms. The number of fused-ring (bicyclic) bond motifs is 1. The summed E-state index contributed by atoms with van der Waals surface area (Å²) < 4.78 is 20.3. The number of methoxy groups -OCH3 is 2. The average molecular weight is 327 g/mol. The van der Waals surface area contributed by atoms with Crippen molar-refractivity contribution in [3.05, 3.63) is 47.2 Å². The van der Waals surface area contributed by atoms with Gasteiger partial charge in [-0.15, -0.1) is 0 Å². The van der Waals surface area contributed by atoms with Crippen LogP contribution in [0.5, 0.6) is 11.6 Å². The van der Waals surface area contributed by atoms with Gasteiger partial charge >= 0.3 is 19.4 Å². The molecule has 1 aromatic carbocycles. The van der Waals surface area contributed by atoms with Gasteiger partial charge in [0.05, 0.1) is 26.4 Å². The smallest absolute Gasteiger partial charge is 0.357 e. The van der Waals surface area contributed by atoms with Gasteiger partial charge in [0.15, 0.2) is 5.69 Å². The number of carbonyl (C=O) groups excluding carboxylic acids is 2. The van der Waals surface area contributed by atoms with Gasteiger partial charge in [-0.3, -0.25) is 0 Å². The van der Waals surface area contributed by atoms with Crippen molar-refractivity contribution >= 4 is 24.9 Å². The van der Waals surface area contributed by atoms with Crippen LogP contribution >= 0.6 is 0 Å². The number of hydrogen-bond acceptors (Lipinski definition) is 7. The number of pyridine rings is 1. The second-order valence-corrected chi connectivity index (χ2v) is 5.05. The zero-order chi connectivity index (χ0) is 17.1. The molecule has 3 rings (SSSR count). The molecular weight excluding hydrogens is 313 g/mol. The lowest BCUT2D eigenvalue weighted by molar-refractivity contribution is 0.0549. The zero-order valence-corrected chi connectivity index (χ0v) is 13.2. The van der Waals surface area contributed by atoms with Gasteiger partial charge in [0.25, 0.3) is 0 Å². The summed E-state index contributed by atoms with van der Waals surface area (Å²) in [6.45, 7) is 0.536. The number of rotatable bonds is 4. The number of benzene rings is 1. The zero-order valence-electron chi connectivity index (χ0n) is 13.2. The number of ether oxygens (including phenoxy) is 3. The number of carbonyl (C=O) groups is 2. The predicted octanol–water partition coefficient (Wildman–Crippen LogP) is 0.954. The topological polar surface area (TPSA) is 84.0 Å². The van der Waals surface area contributed by atoms with Crippen LogP contribution in [0.25, 0.3) is 0 Å². The van der Waals surface area contributed by atoms with Crippen molar-refractivity contribution in [2.75, 3.05) is 14.2 Å². The second kappa shape index (κ2) is 6.71. The Bertz CT molecular complexity index is 807. The SMILES string of the molecule is COC(=O)c1ccc(Oc2ccc3c(c2)COB3)nc1C(=O)OC. The maximum atomic E-state index is 11.8. The van der Waals surface area contributed by atoms with Gasteiger partial charge in [-0.05, 0) is 29.2 Å². The van der Waals surface area contributed by atoms with E-state index in [9.17, 15) is 9.59 Å². The molecule has 0 unspecified atom stereocenters. The summed E-state index contributed by atoms with van der Waals surface area (Å²) in [4.78, 5) is 27.6. The summed E-state index contributed by atoms with van der Waals surface area (Å²) in [7, 11) is 3.02. The summed E-state index contributed by atoms with van der Waals surface area (Å²) in [5, 5.41) is 0. The van der Waals surface area contributed by atoms with E-state index in [1.165, 1.54) is 26.4 Å². The summed E-state index contributed by atoms with van der Waals surface area (Å²) in [5.74, 6) is -0.692. The largest absolute Gasteiger partial charge is 0.465 e. The molecule has 0 atom stereocenters. The molecule has 0 fully saturated rings. The van der Waals surface area contributed by atoms with E-state index in [-0.39, 0.29) is 17.1 Å². The summed E-state index contributed by atoms with van der Waals surface area (Å²) in [6.07, 6.45) is 0. The highest BCUT2D eigenvalue weighted by atomic mass is 16.5. The third-order valence-corrected chi connectivity index (χ3v) is 3.57. The molecule has 0 aliphatic carbocycles. The van der Waals surface area contributed by atoms with Crippen molar-refractivity contribution in [1.29, 1.82) is 0 Å². The molecule has 0 amide bonds. The van der Waals surface area contributed by atoms with Crippen LogP contribution in [0.4, 0.5) is 0 Å². The lowest BCUT2D eigenvalue weighted by Gasteiger charge is -2.10. The first-order chi connectivity index (χ1) is 11.6. The molecule has 7 nitrogen and oxygen atoms in total. The van der Waals surface area contributed by atoms with Crippen molar-refractivity contribution in [2.45, 2.75) is 6.61 Å². The average Bonchev–Trinajstić information content (AvgIpc) is 3.08. The van der Waals surface area contributed by atoms with Crippen molar-refractivity contribution in [3.63, 3.8) is 0 Å². The number of esters is 2. The fourth-order valence-electron chi connectivity index (χ4n) is 2.36. The van der Waals surface area contributed by atoms with Gasteiger partial charge in [-0.2, -0.15) is 0 Å². The molecule has 0 saturated carbocycles. The first kappa shape index (κ1) is 16.0. The summed E-state index contributed by atoms with van der Waals surface area (Å²) in [6, 6.07) is 8.47. The lowest BCUT2D eigenvalue weighted by Crippen LogP contribution is -2.14. The molecule has 0 bridgehead atoms. The van der Waals surface area contributed by atoms with Gasteiger partial charge < -0.3 is 18.9 Å². The molecule has 0 radical (unpaired) electrons. The normalized spacial score (nSPS) is 12.1. The molecule has 1 aromatic heterocycles. The molecule has 0 N–H and O–H groups in total. The number of hydrogen-bond donors (Lipinski definition) is 0. The maximum absolute atomic E-state index is 11.8. The highest BCUT2D eigenvalue weighted by Crippen LogP contribution is 2.23. The predicted molar refractivity (Wildman–Crippen MR) is 85.0 cm³/mol. The Morgan fingerprint density at radius 1 is 1.12 bits per heavy atom. The Morgan fingerprint density at radius 2 is 1.92 bits per heavy atom. The molecule has 2 heterocycles. The first-order valence-electron chi connectivity index (χ1n) is 7.17. The Kier molecular flexibility index (Phi) is 4.48. The molecule has 2 aromatic rings. The monoisotopic (exact) mass is 327 g/mol. The van der Waals surface area contributed by atoms with Crippen molar-refractivity contribution in [2.24, 2.45) is 0 Å². The van der Waals surface area contributed by atoms with Crippen LogP contribution in [0, 0.1) is 0 Å². The van der Waals surface area contributed by atoms with Crippen LogP contribution in [-0.4, -0.2) is 38.6 Å². The molecule has 0 spiro atoms. The Balaban J connectivity index is 1.91. The molecule has 122 valence electrons. The van der Waals surface area contributed by atoms with E-state index in [4.69, 9.17) is 9.39 Å². The molecule has 1 aliphatic rings. The molecule has 1 aliphatic heterocycles. The quantitative estimate of drug-likeness (QED) is 0.611. The molecule has 24 heavy (non-hydrogen) atoms. The third-order valence-electron chi connectivity index (χ3n) is 3.57. The van der Waals surface area contributed by atoms with Gasteiger partial charge in [-0.1, -0.05) is 6.07 Å². The van der Waals surface area contributed by atoms with Crippen molar-refractivity contribution in [3.8, 4) is 11.6 Å². The Labute approximate surface area is 138 Å². The number of aromatic nitrogens is 1. The van der Waals surface area contributed by atoms with E-state index in [0.717, 1.165) is 11.0 Å². The molecular formula is C16H14BNO6. The fraction of sp³-hybridized carbons (Fsp3) is 0.188.